The maximum atomic E-state index is 4.94. The predicted molar refractivity (Wildman–Crippen MR) is 337 cm³/mol. The third-order valence-corrected chi connectivity index (χ3v) is 18.3. The van der Waals surface area contributed by atoms with E-state index < -0.39 is 0 Å². The highest BCUT2D eigenvalue weighted by Gasteiger charge is 2.47. The molecule has 11 aromatic carbocycles. The summed E-state index contributed by atoms with van der Waals surface area (Å²) in [5.74, 6) is 0.669. The minimum absolute atomic E-state index is 0.00148. The number of para-hydroxylation sites is 7. The highest BCUT2D eigenvalue weighted by molar-refractivity contribution is 8.01. The molecule has 80 heavy (non-hydrogen) atoms. The fraction of sp³-hybridized carbons (Fsp3) is 0. The van der Waals surface area contributed by atoms with Crippen molar-refractivity contribution < 1.29 is 0 Å². The maximum Gasteiger partial charge on any atom is 0.252 e. The molecule has 6 nitrogen and oxygen atoms in total. The van der Waals surface area contributed by atoms with Crippen LogP contribution in [0.5, 0.6) is 0 Å². The van der Waals surface area contributed by atoms with E-state index in [4.69, 9.17) is 9.97 Å². The van der Waals surface area contributed by atoms with E-state index in [-0.39, 0.29) is 13.4 Å². The van der Waals surface area contributed by atoms with Crippen LogP contribution in [0.4, 0.5) is 68.2 Å². The van der Waals surface area contributed by atoms with E-state index in [0.717, 1.165) is 73.8 Å². The molecule has 0 saturated carbocycles. The van der Waals surface area contributed by atoms with Crippen molar-refractivity contribution in [3.8, 4) is 11.4 Å². The summed E-state index contributed by atoms with van der Waals surface area (Å²) in [7, 11) is 0. The number of hydrogen-bond donors (Lipinski definition) is 0. The van der Waals surface area contributed by atoms with Crippen molar-refractivity contribution in [2.75, 3.05) is 19.6 Å². The first-order valence-electron chi connectivity index (χ1n) is 27.1. The van der Waals surface area contributed by atoms with Crippen LogP contribution in [0.25, 0.3) is 11.4 Å². The van der Waals surface area contributed by atoms with Gasteiger partial charge in [0, 0.05) is 94.4 Å². The van der Waals surface area contributed by atoms with Crippen molar-refractivity contribution in [1.29, 1.82) is 0 Å². The van der Waals surface area contributed by atoms with Gasteiger partial charge in [0.1, 0.15) is 0 Å². The number of aromatic nitrogens is 2. The molecule has 5 heterocycles. The van der Waals surface area contributed by atoms with E-state index in [0.29, 0.717) is 5.82 Å². The Morgan fingerprint density at radius 2 is 0.775 bits per heavy atom. The first kappa shape index (κ1) is 46.6. The summed E-state index contributed by atoms with van der Waals surface area (Å²) in [6.07, 6.45) is 3.69. The van der Waals surface area contributed by atoms with E-state index in [2.05, 4.69) is 280 Å². The monoisotopic (exact) mass is 1060 g/mol. The fourth-order valence-corrected chi connectivity index (χ4v) is 15.2. The highest BCUT2D eigenvalue weighted by Crippen LogP contribution is 2.51. The summed E-state index contributed by atoms with van der Waals surface area (Å²) in [6.45, 7) is -0.128. The third-order valence-electron chi connectivity index (χ3n) is 16.0. The Bertz CT molecular complexity index is 4270. The minimum atomic E-state index is -0.129. The Labute approximate surface area is 474 Å². The quantitative estimate of drug-likeness (QED) is 0.132. The van der Waals surface area contributed by atoms with E-state index in [1.807, 2.05) is 42.0 Å². The molecule has 0 amide bonds. The summed E-state index contributed by atoms with van der Waals surface area (Å²) in [5.41, 5.74) is 21.9. The average molecular weight is 1060 g/mol. The largest absolute Gasteiger partial charge is 0.311 e. The van der Waals surface area contributed by atoms with E-state index >= 15 is 0 Å². The molecule has 0 saturated heterocycles. The molecule has 16 rings (SSSR count). The zero-order chi connectivity index (χ0) is 52.7. The standard InChI is InChI=1S/C70H46B2N6S2/c1-6-23-47(24-7-1)75(48-25-8-2-9-26-48)52-41-62-68-63(42-52)78(59-36-19-16-33-54(59)70-73-39-22-40-74-70)61-46-65-58(45-57(61)71(68)55-34-17-20-37-60(55)77(62)51-31-14-5-15-32-51)72-56-35-18-21-38-64(56)79-66-43-53(44-67(80-65)69(66)72)76(49-27-10-3-11-28-49)50-29-12-4-13-30-50/h1-46H. The van der Waals surface area contributed by atoms with Gasteiger partial charge in [0.05, 0.1) is 11.4 Å². The second kappa shape index (κ2) is 19.2. The summed E-state index contributed by atoms with van der Waals surface area (Å²) in [6, 6.07) is 97.6. The van der Waals surface area contributed by atoms with Gasteiger partial charge in [0.15, 0.2) is 5.82 Å². The molecular weight excluding hydrogens is 1010 g/mol. The van der Waals surface area contributed by atoms with Gasteiger partial charge in [0.25, 0.3) is 6.71 Å². The molecule has 4 aliphatic heterocycles. The molecule has 0 N–H and O–H groups in total. The summed E-state index contributed by atoms with van der Waals surface area (Å²) < 4.78 is 0. The molecule has 0 bridgehead atoms. The van der Waals surface area contributed by atoms with Crippen LogP contribution < -0.4 is 52.4 Å². The number of hydrogen-bond acceptors (Lipinski definition) is 8. The van der Waals surface area contributed by atoms with E-state index in [1.54, 1.807) is 0 Å². The molecule has 0 radical (unpaired) electrons. The van der Waals surface area contributed by atoms with Crippen molar-refractivity contribution in [3.05, 3.63) is 279 Å². The van der Waals surface area contributed by atoms with Crippen LogP contribution in [0.2, 0.25) is 0 Å². The van der Waals surface area contributed by atoms with Crippen LogP contribution in [0, 0.1) is 0 Å². The van der Waals surface area contributed by atoms with Crippen LogP contribution in [0.15, 0.2) is 299 Å². The predicted octanol–water partition coefficient (Wildman–Crippen LogP) is 14.6. The maximum absolute atomic E-state index is 4.94. The lowest BCUT2D eigenvalue weighted by Crippen LogP contribution is -2.64. The molecule has 1 aromatic heterocycles. The van der Waals surface area contributed by atoms with Crippen LogP contribution >= 0.6 is 23.5 Å². The van der Waals surface area contributed by atoms with Gasteiger partial charge in [-0.1, -0.05) is 180 Å². The topological polar surface area (TPSA) is 38.7 Å². The smallest absolute Gasteiger partial charge is 0.252 e. The summed E-state index contributed by atoms with van der Waals surface area (Å²) in [4.78, 5) is 24.8. The van der Waals surface area contributed by atoms with Gasteiger partial charge in [0.2, 0.25) is 6.71 Å². The number of anilines is 12. The molecule has 0 unspecified atom stereocenters. The highest BCUT2D eigenvalue weighted by atomic mass is 32.2. The fourth-order valence-electron chi connectivity index (χ4n) is 12.7. The van der Waals surface area contributed by atoms with Gasteiger partial charge in [-0.25, -0.2) is 9.97 Å². The van der Waals surface area contributed by atoms with E-state index in [1.165, 1.54) is 52.4 Å². The van der Waals surface area contributed by atoms with Crippen LogP contribution in [-0.2, 0) is 0 Å². The lowest BCUT2D eigenvalue weighted by atomic mass is 9.31. The molecule has 0 spiro atoms. The van der Waals surface area contributed by atoms with Gasteiger partial charge < -0.3 is 19.6 Å². The first-order chi connectivity index (χ1) is 39.7. The van der Waals surface area contributed by atoms with Crippen LogP contribution in [0.1, 0.15) is 0 Å². The van der Waals surface area contributed by atoms with Crippen molar-refractivity contribution in [2.24, 2.45) is 0 Å². The summed E-state index contributed by atoms with van der Waals surface area (Å²) in [5, 5.41) is 0. The van der Waals surface area contributed by atoms with Gasteiger partial charge in [-0.2, -0.15) is 0 Å². The Hall–Kier alpha value is -9.47. The molecular formula is C70H46B2N6S2. The molecule has 0 atom stereocenters. The van der Waals surface area contributed by atoms with Crippen molar-refractivity contribution in [1.82, 2.24) is 9.97 Å². The minimum Gasteiger partial charge on any atom is -0.311 e. The molecule has 374 valence electrons. The number of rotatable bonds is 9. The lowest BCUT2D eigenvalue weighted by Gasteiger charge is -2.46. The third kappa shape index (κ3) is 7.54. The molecule has 0 aliphatic carbocycles. The van der Waals surface area contributed by atoms with Gasteiger partial charge in [-0.15, -0.1) is 0 Å². The van der Waals surface area contributed by atoms with Crippen molar-refractivity contribution >= 4 is 138 Å². The Morgan fingerprint density at radius 3 is 1.39 bits per heavy atom. The Morgan fingerprint density at radius 1 is 0.300 bits per heavy atom. The second-order valence-electron chi connectivity index (χ2n) is 20.5. The molecule has 10 heteroatoms. The second-order valence-corrected chi connectivity index (χ2v) is 22.6. The molecule has 4 aliphatic rings. The Balaban J connectivity index is 0.996. The summed E-state index contributed by atoms with van der Waals surface area (Å²) >= 11 is 3.80. The first-order valence-corrected chi connectivity index (χ1v) is 28.7. The molecule has 0 fully saturated rings. The van der Waals surface area contributed by atoms with E-state index in [9.17, 15) is 0 Å². The zero-order valence-corrected chi connectivity index (χ0v) is 44.8. The van der Waals surface area contributed by atoms with Gasteiger partial charge in [-0.3, -0.25) is 0 Å². The van der Waals surface area contributed by atoms with Crippen LogP contribution in [-0.4, -0.2) is 23.4 Å². The number of nitrogens with zero attached hydrogens (tertiary/aromatic N) is 6. The lowest BCUT2D eigenvalue weighted by molar-refractivity contribution is 1.16. The number of benzene rings is 11. The van der Waals surface area contributed by atoms with Gasteiger partial charge in [-0.05, 0) is 143 Å². The molecule has 12 aromatic rings. The number of fused-ring (bicyclic) bond motifs is 8. The normalized spacial score (nSPS) is 13.1. The average Bonchev–Trinajstić information content (AvgIpc) is 3.61. The zero-order valence-electron chi connectivity index (χ0n) is 43.2. The van der Waals surface area contributed by atoms with Crippen molar-refractivity contribution in [2.45, 2.75) is 19.6 Å². The SMILES string of the molecule is c1ccc(N(c2ccccc2)c2cc3c4c(c2)Sc2cc5c(cc2B4c2ccccc2S3)B2c3ccccc3N(c3ccccc3)c3cc(N(c4ccccc4)c4ccccc4)cc(c32)N5c2ccccc2-c2ncccn2)cc1. The van der Waals surface area contributed by atoms with Crippen molar-refractivity contribution in [3.63, 3.8) is 0 Å². The van der Waals surface area contributed by atoms with Crippen LogP contribution in [0.3, 0.4) is 0 Å². The van der Waals surface area contributed by atoms with Gasteiger partial charge >= 0.3 is 0 Å². The Kier molecular flexibility index (Phi) is 11.2.